The molecule has 0 spiro atoms. The molecule has 0 amide bonds. The fraction of sp³-hybridized carbons (Fsp3) is 0.263. The molecule has 140 valence electrons. The first-order valence-corrected chi connectivity index (χ1v) is 10.2. The normalized spacial score (nSPS) is 14.2. The molecule has 8 heteroatoms. The summed E-state index contributed by atoms with van der Waals surface area (Å²) in [6, 6.07) is 16.1. The van der Waals surface area contributed by atoms with E-state index in [0.717, 1.165) is 59.0 Å². The lowest BCUT2D eigenvalue weighted by molar-refractivity contribution is -0.508. The summed E-state index contributed by atoms with van der Waals surface area (Å²) < 4.78 is 13.9. The van der Waals surface area contributed by atoms with Crippen LogP contribution in [0.2, 0.25) is 0 Å². The van der Waals surface area contributed by atoms with Crippen molar-refractivity contribution in [1.82, 2.24) is 4.98 Å². The number of halogens is 1. The lowest BCUT2D eigenvalue weighted by Gasteiger charge is -2.21. The van der Waals surface area contributed by atoms with Gasteiger partial charge in [0.15, 0.2) is 0 Å². The van der Waals surface area contributed by atoms with Crippen LogP contribution in [0.1, 0.15) is 0 Å². The Bertz CT molecular complexity index is 893. The SMILES string of the molecule is COc1ccc(Nc2nc(N3CCOCC3)[n+](-c3ccc(Br)cc3)s2)cc1. The predicted molar refractivity (Wildman–Crippen MR) is 111 cm³/mol. The number of aromatic nitrogens is 2. The molecule has 0 atom stereocenters. The number of nitrogens with one attached hydrogen (secondary N) is 1. The summed E-state index contributed by atoms with van der Waals surface area (Å²) in [6.45, 7) is 3.11. The highest BCUT2D eigenvalue weighted by Gasteiger charge is 2.29. The van der Waals surface area contributed by atoms with E-state index in [2.05, 4.69) is 42.2 Å². The molecule has 0 unspecified atom stereocenters. The summed E-state index contributed by atoms with van der Waals surface area (Å²) in [6.07, 6.45) is 0. The van der Waals surface area contributed by atoms with Gasteiger partial charge in [-0.2, -0.15) is 0 Å². The van der Waals surface area contributed by atoms with Crippen LogP contribution in [0.4, 0.5) is 16.8 Å². The second-order valence-electron chi connectivity index (χ2n) is 6.03. The summed E-state index contributed by atoms with van der Waals surface area (Å²) in [7, 11) is 1.67. The first kappa shape index (κ1) is 18.2. The van der Waals surface area contributed by atoms with Gasteiger partial charge in [-0.15, -0.1) is 3.96 Å². The Hall–Kier alpha value is -2.16. The molecule has 1 aliphatic heterocycles. The van der Waals surface area contributed by atoms with Crippen LogP contribution in [0.3, 0.4) is 0 Å². The van der Waals surface area contributed by atoms with Crippen molar-refractivity contribution in [3.63, 3.8) is 0 Å². The smallest absolute Gasteiger partial charge is 0.413 e. The van der Waals surface area contributed by atoms with Gasteiger partial charge in [-0.25, -0.2) is 0 Å². The van der Waals surface area contributed by atoms with Crippen molar-refractivity contribution in [2.45, 2.75) is 0 Å². The highest BCUT2D eigenvalue weighted by Crippen LogP contribution is 2.25. The topological polar surface area (TPSA) is 50.5 Å². The van der Waals surface area contributed by atoms with Crippen LogP contribution in [0.25, 0.3) is 5.69 Å². The third kappa shape index (κ3) is 4.23. The zero-order chi connectivity index (χ0) is 18.6. The molecular weight excluding hydrogens is 428 g/mol. The van der Waals surface area contributed by atoms with Crippen LogP contribution < -0.4 is 18.9 Å². The largest absolute Gasteiger partial charge is 0.497 e. The van der Waals surface area contributed by atoms with Gasteiger partial charge in [0, 0.05) is 10.2 Å². The molecule has 0 aliphatic carbocycles. The molecule has 2 aromatic carbocycles. The molecule has 3 aromatic rings. The fourth-order valence-electron chi connectivity index (χ4n) is 2.84. The van der Waals surface area contributed by atoms with Gasteiger partial charge in [-0.05, 0) is 53.5 Å². The van der Waals surface area contributed by atoms with Crippen molar-refractivity contribution < 1.29 is 13.4 Å². The van der Waals surface area contributed by atoms with Crippen molar-refractivity contribution >= 4 is 44.2 Å². The van der Waals surface area contributed by atoms with E-state index in [4.69, 9.17) is 14.5 Å². The van der Waals surface area contributed by atoms with Crippen LogP contribution in [0, 0.1) is 0 Å². The van der Waals surface area contributed by atoms with E-state index in [9.17, 15) is 0 Å². The van der Waals surface area contributed by atoms with Gasteiger partial charge >= 0.3 is 5.95 Å². The maximum absolute atomic E-state index is 5.50. The summed E-state index contributed by atoms with van der Waals surface area (Å²) in [5, 5.41) is 4.24. The monoisotopic (exact) mass is 447 g/mol. The minimum absolute atomic E-state index is 0.721. The Balaban J connectivity index is 1.66. The van der Waals surface area contributed by atoms with Crippen molar-refractivity contribution in [1.29, 1.82) is 0 Å². The minimum atomic E-state index is 0.721. The summed E-state index contributed by atoms with van der Waals surface area (Å²) >= 11 is 5.09. The molecule has 1 saturated heterocycles. The van der Waals surface area contributed by atoms with Gasteiger partial charge in [0.1, 0.15) is 11.4 Å². The highest BCUT2D eigenvalue weighted by atomic mass is 79.9. The number of nitrogens with zero attached hydrogens (tertiary/aromatic N) is 3. The number of rotatable bonds is 5. The maximum Gasteiger partial charge on any atom is 0.413 e. The molecule has 1 aromatic heterocycles. The van der Waals surface area contributed by atoms with Crippen molar-refractivity contribution in [2.24, 2.45) is 0 Å². The highest BCUT2D eigenvalue weighted by molar-refractivity contribution is 9.10. The summed E-state index contributed by atoms with van der Waals surface area (Å²) in [5.41, 5.74) is 2.06. The third-order valence-electron chi connectivity index (χ3n) is 4.26. The number of methoxy groups -OCH3 is 1. The average molecular weight is 448 g/mol. The second-order valence-corrected chi connectivity index (χ2v) is 7.88. The number of hydrogen-bond donors (Lipinski definition) is 1. The quantitative estimate of drug-likeness (QED) is 0.603. The van der Waals surface area contributed by atoms with E-state index in [1.807, 2.05) is 36.4 Å². The van der Waals surface area contributed by atoms with Gasteiger partial charge in [0.2, 0.25) is 0 Å². The number of morpholine rings is 1. The molecule has 0 saturated carbocycles. The predicted octanol–water partition coefficient (Wildman–Crippen LogP) is 3.77. The molecule has 6 nitrogen and oxygen atoms in total. The molecule has 1 aliphatic rings. The van der Waals surface area contributed by atoms with E-state index in [0.29, 0.717) is 0 Å². The van der Waals surface area contributed by atoms with Gasteiger partial charge in [-0.1, -0.05) is 15.9 Å². The van der Waals surface area contributed by atoms with Crippen LogP contribution in [0.5, 0.6) is 5.75 Å². The Kier molecular flexibility index (Phi) is 5.56. The summed E-state index contributed by atoms with van der Waals surface area (Å²) in [4.78, 5) is 7.13. The number of hydrogen-bond acceptors (Lipinski definition) is 6. The van der Waals surface area contributed by atoms with Crippen molar-refractivity contribution in [3.8, 4) is 11.4 Å². The van der Waals surface area contributed by atoms with E-state index in [-0.39, 0.29) is 0 Å². The lowest BCUT2D eigenvalue weighted by atomic mass is 10.3. The standard InChI is InChI=1S/C19H19BrN4O2S/c1-25-17-8-4-15(5-9-17)21-18-22-19(23-10-12-26-13-11-23)24(27-18)16-6-2-14(20)3-7-16/h2-9H,10-13H2,1H3/p+1. The van der Waals surface area contributed by atoms with Gasteiger partial charge in [0.05, 0.1) is 44.9 Å². The van der Waals surface area contributed by atoms with Crippen LogP contribution in [-0.2, 0) is 4.74 Å². The Morgan fingerprint density at radius 1 is 1.11 bits per heavy atom. The van der Waals surface area contributed by atoms with Crippen molar-refractivity contribution in [3.05, 3.63) is 53.0 Å². The molecule has 2 heterocycles. The average Bonchev–Trinajstić information content (AvgIpc) is 3.13. The van der Waals surface area contributed by atoms with Gasteiger partial charge in [0.25, 0.3) is 5.13 Å². The number of anilines is 3. The molecule has 4 rings (SSSR count). The van der Waals surface area contributed by atoms with E-state index in [1.165, 1.54) is 0 Å². The van der Waals surface area contributed by atoms with Crippen LogP contribution >= 0.6 is 27.5 Å². The summed E-state index contributed by atoms with van der Waals surface area (Å²) in [5.74, 6) is 1.76. The molecule has 0 radical (unpaired) electrons. The lowest BCUT2D eigenvalue weighted by Crippen LogP contribution is -2.43. The first-order valence-electron chi connectivity index (χ1n) is 8.66. The van der Waals surface area contributed by atoms with E-state index in [1.54, 1.807) is 18.6 Å². The number of benzene rings is 2. The van der Waals surface area contributed by atoms with Crippen LogP contribution in [0.15, 0.2) is 53.0 Å². The molecule has 1 N–H and O–H groups in total. The van der Waals surface area contributed by atoms with Gasteiger partial charge < -0.3 is 14.8 Å². The first-order chi connectivity index (χ1) is 13.2. The minimum Gasteiger partial charge on any atom is -0.497 e. The fourth-order valence-corrected chi connectivity index (χ4v) is 4.03. The number of ether oxygens (including phenoxy) is 2. The molecule has 1 fully saturated rings. The molecule has 0 bridgehead atoms. The van der Waals surface area contributed by atoms with Crippen molar-refractivity contribution in [2.75, 3.05) is 43.6 Å². The zero-order valence-corrected chi connectivity index (χ0v) is 17.3. The zero-order valence-electron chi connectivity index (χ0n) is 14.9. The Morgan fingerprint density at radius 3 is 2.48 bits per heavy atom. The second kappa shape index (κ2) is 8.24. The maximum atomic E-state index is 5.50. The molecular formula is C19H20BrN4O2S+. The van der Waals surface area contributed by atoms with E-state index >= 15 is 0 Å². The van der Waals surface area contributed by atoms with E-state index < -0.39 is 0 Å². The Labute approximate surface area is 170 Å². The molecule has 27 heavy (non-hydrogen) atoms. The Morgan fingerprint density at radius 2 is 1.81 bits per heavy atom. The van der Waals surface area contributed by atoms with Gasteiger partial charge in [-0.3, -0.25) is 4.90 Å². The third-order valence-corrected chi connectivity index (χ3v) is 5.71. The van der Waals surface area contributed by atoms with Crippen LogP contribution in [-0.4, -0.2) is 38.4 Å².